The molecule has 168 valence electrons. The van der Waals surface area contributed by atoms with Crippen LogP contribution in [0.4, 0.5) is 18.0 Å². The summed E-state index contributed by atoms with van der Waals surface area (Å²) < 4.78 is 47.9. The summed E-state index contributed by atoms with van der Waals surface area (Å²) in [5.41, 5.74) is -1.53. The van der Waals surface area contributed by atoms with Gasteiger partial charge in [0.15, 0.2) is 5.69 Å². The van der Waals surface area contributed by atoms with Crippen LogP contribution in [0.2, 0.25) is 0 Å². The number of aromatic nitrogens is 2. The molecule has 1 aromatic carbocycles. The van der Waals surface area contributed by atoms with E-state index >= 15 is 0 Å². The maximum absolute atomic E-state index is 13.8. The molecule has 1 atom stereocenters. The predicted molar refractivity (Wildman–Crippen MR) is 105 cm³/mol. The molecule has 10 heteroatoms. The lowest BCUT2D eigenvalue weighted by molar-refractivity contribution is -0.142. The number of hydrogen-bond acceptors (Lipinski definition) is 4. The Bertz CT molecular complexity index is 1010. The summed E-state index contributed by atoms with van der Waals surface area (Å²) in [6, 6.07) is 5.19. The summed E-state index contributed by atoms with van der Waals surface area (Å²) in [6.45, 7) is 6.61. The minimum Gasteiger partial charge on any atom is -0.478 e. The number of halogens is 3. The molecule has 1 unspecified atom stereocenters. The first kappa shape index (κ1) is 22.6. The number of carbonyl (C=O) groups is 2. The SMILES string of the molecule is CCC1Cc2c(c(C(F)(F)F)nn2-c2cccc(C(=O)O)c2)CN1C(=O)OC(C)(C)C. The lowest BCUT2D eigenvalue weighted by Crippen LogP contribution is -2.46. The molecule has 31 heavy (non-hydrogen) atoms. The maximum atomic E-state index is 13.8. The number of carboxylic acids is 1. The second-order valence-corrected chi connectivity index (χ2v) is 8.41. The van der Waals surface area contributed by atoms with Gasteiger partial charge in [-0.3, -0.25) is 0 Å². The molecular formula is C21H24F3N3O4. The summed E-state index contributed by atoms with van der Waals surface area (Å²) in [5, 5.41) is 13.0. The standard InChI is InChI=1S/C21H24F3N3O4/c1-5-13-10-16-15(11-26(13)19(30)31-20(2,3)4)17(21(22,23)24)25-27(16)14-8-6-7-12(9-14)18(28)29/h6-9,13H,5,10-11H2,1-4H3,(H,28,29). The van der Waals surface area contributed by atoms with Crippen LogP contribution in [-0.4, -0.2) is 43.5 Å². The molecule has 0 spiro atoms. The van der Waals surface area contributed by atoms with Gasteiger partial charge in [0.25, 0.3) is 0 Å². The Balaban J connectivity index is 2.12. The third-order valence-electron chi connectivity index (χ3n) is 4.99. The Morgan fingerprint density at radius 1 is 1.26 bits per heavy atom. The lowest BCUT2D eigenvalue weighted by atomic mass is 9.96. The number of benzene rings is 1. The van der Waals surface area contributed by atoms with Crippen LogP contribution < -0.4 is 0 Å². The Morgan fingerprint density at radius 3 is 2.48 bits per heavy atom. The molecule has 7 nitrogen and oxygen atoms in total. The second-order valence-electron chi connectivity index (χ2n) is 8.41. The molecule has 0 bridgehead atoms. The zero-order chi connectivity index (χ0) is 23.1. The monoisotopic (exact) mass is 439 g/mol. The van der Waals surface area contributed by atoms with Gasteiger partial charge in [0, 0.05) is 18.0 Å². The number of aromatic carboxylic acids is 1. The normalized spacial score (nSPS) is 16.7. The fourth-order valence-electron chi connectivity index (χ4n) is 3.60. The van der Waals surface area contributed by atoms with E-state index in [9.17, 15) is 27.9 Å². The lowest BCUT2D eigenvalue weighted by Gasteiger charge is -2.36. The number of carbonyl (C=O) groups excluding carboxylic acids is 1. The molecule has 1 aliphatic rings. The molecule has 0 aliphatic carbocycles. The van der Waals surface area contributed by atoms with Gasteiger partial charge in [-0.15, -0.1) is 0 Å². The van der Waals surface area contributed by atoms with E-state index in [1.807, 2.05) is 6.92 Å². The van der Waals surface area contributed by atoms with Crippen LogP contribution in [0.3, 0.4) is 0 Å². The number of rotatable bonds is 3. The quantitative estimate of drug-likeness (QED) is 0.752. The van der Waals surface area contributed by atoms with Crippen LogP contribution in [0, 0.1) is 0 Å². The van der Waals surface area contributed by atoms with Gasteiger partial charge in [-0.25, -0.2) is 14.3 Å². The van der Waals surface area contributed by atoms with Gasteiger partial charge < -0.3 is 14.7 Å². The smallest absolute Gasteiger partial charge is 0.435 e. The van der Waals surface area contributed by atoms with Gasteiger partial charge >= 0.3 is 18.2 Å². The zero-order valence-corrected chi connectivity index (χ0v) is 17.7. The first-order valence-electron chi connectivity index (χ1n) is 9.83. The van der Waals surface area contributed by atoms with E-state index in [2.05, 4.69) is 5.10 Å². The highest BCUT2D eigenvalue weighted by Gasteiger charge is 2.44. The minimum absolute atomic E-state index is 0.0615. The highest BCUT2D eigenvalue weighted by atomic mass is 19.4. The highest BCUT2D eigenvalue weighted by molar-refractivity contribution is 5.88. The third kappa shape index (κ3) is 4.67. The molecule has 1 aromatic heterocycles. The van der Waals surface area contributed by atoms with E-state index in [1.54, 1.807) is 20.8 Å². The summed E-state index contributed by atoms with van der Waals surface area (Å²) in [4.78, 5) is 25.3. The zero-order valence-electron chi connectivity index (χ0n) is 17.7. The topological polar surface area (TPSA) is 84.7 Å². The van der Waals surface area contributed by atoms with Gasteiger partial charge in [0.1, 0.15) is 5.60 Å². The molecule has 2 aromatic rings. The number of amides is 1. The van der Waals surface area contributed by atoms with Gasteiger partial charge in [-0.2, -0.15) is 18.3 Å². The van der Waals surface area contributed by atoms with E-state index in [0.29, 0.717) is 12.1 Å². The van der Waals surface area contributed by atoms with Crippen LogP contribution in [0.5, 0.6) is 0 Å². The average molecular weight is 439 g/mol. The van der Waals surface area contributed by atoms with Crippen LogP contribution >= 0.6 is 0 Å². The van der Waals surface area contributed by atoms with Crippen LogP contribution in [0.25, 0.3) is 5.69 Å². The number of alkyl halides is 3. The first-order valence-corrected chi connectivity index (χ1v) is 9.83. The summed E-state index contributed by atoms with van der Waals surface area (Å²) in [5.74, 6) is -1.19. The average Bonchev–Trinajstić information content (AvgIpc) is 3.04. The van der Waals surface area contributed by atoms with E-state index < -0.39 is 29.5 Å². The van der Waals surface area contributed by atoms with Gasteiger partial charge in [-0.1, -0.05) is 13.0 Å². The van der Waals surface area contributed by atoms with Gasteiger partial charge in [-0.05, 0) is 45.4 Å². The molecule has 0 saturated heterocycles. The molecule has 1 aliphatic heterocycles. The number of ether oxygens (including phenoxy) is 1. The van der Waals surface area contributed by atoms with Crippen LogP contribution in [-0.2, 0) is 23.9 Å². The van der Waals surface area contributed by atoms with Crippen molar-refractivity contribution in [3.63, 3.8) is 0 Å². The second kappa shape index (κ2) is 7.90. The highest BCUT2D eigenvalue weighted by Crippen LogP contribution is 2.38. The van der Waals surface area contributed by atoms with E-state index in [4.69, 9.17) is 4.74 Å². The van der Waals surface area contributed by atoms with Crippen LogP contribution in [0.1, 0.15) is 61.4 Å². The Morgan fingerprint density at radius 2 is 1.94 bits per heavy atom. The largest absolute Gasteiger partial charge is 0.478 e. The van der Waals surface area contributed by atoms with Crippen molar-refractivity contribution in [2.24, 2.45) is 0 Å². The Kier molecular flexibility index (Phi) is 5.77. The van der Waals surface area contributed by atoms with Gasteiger partial charge in [0.2, 0.25) is 0 Å². The van der Waals surface area contributed by atoms with Crippen molar-refractivity contribution in [2.75, 3.05) is 0 Å². The number of fused-ring (bicyclic) bond motifs is 1. The number of carboxylic acid groups (broad SMARTS) is 1. The van der Waals surface area contributed by atoms with Crippen molar-refractivity contribution in [2.45, 2.75) is 64.9 Å². The maximum Gasteiger partial charge on any atom is 0.435 e. The molecule has 0 fully saturated rings. The molecule has 2 heterocycles. The molecular weight excluding hydrogens is 415 g/mol. The number of nitrogens with zero attached hydrogens (tertiary/aromatic N) is 3. The Hall–Kier alpha value is -3.04. The predicted octanol–water partition coefficient (Wildman–Crippen LogP) is 4.66. The first-order chi connectivity index (χ1) is 14.3. The fourth-order valence-corrected chi connectivity index (χ4v) is 3.60. The fraction of sp³-hybridized carbons (Fsp3) is 0.476. The summed E-state index contributed by atoms with van der Waals surface area (Å²) in [6.07, 6.45) is -4.79. The van der Waals surface area contributed by atoms with Crippen molar-refractivity contribution in [1.29, 1.82) is 0 Å². The van der Waals surface area contributed by atoms with E-state index in [-0.39, 0.29) is 35.8 Å². The third-order valence-corrected chi connectivity index (χ3v) is 4.99. The molecule has 0 saturated carbocycles. The van der Waals surface area contributed by atoms with Gasteiger partial charge in [0.05, 0.1) is 23.5 Å². The summed E-state index contributed by atoms with van der Waals surface area (Å²) >= 11 is 0. The van der Waals surface area contributed by atoms with Crippen molar-refractivity contribution in [3.8, 4) is 5.69 Å². The Labute approximate surface area is 177 Å². The molecule has 1 amide bonds. The molecule has 0 radical (unpaired) electrons. The van der Waals surface area contributed by atoms with Crippen LogP contribution in [0.15, 0.2) is 24.3 Å². The molecule has 1 N–H and O–H groups in total. The minimum atomic E-state index is -4.74. The van der Waals surface area contributed by atoms with Crippen molar-refractivity contribution < 1.29 is 32.6 Å². The summed E-state index contributed by atoms with van der Waals surface area (Å²) in [7, 11) is 0. The molecule has 3 rings (SSSR count). The van der Waals surface area contributed by atoms with E-state index in [0.717, 1.165) is 4.68 Å². The number of hydrogen-bond donors (Lipinski definition) is 1. The van der Waals surface area contributed by atoms with E-state index in [1.165, 1.54) is 29.2 Å². The van der Waals surface area contributed by atoms with Crippen molar-refractivity contribution in [3.05, 3.63) is 46.8 Å². The van der Waals surface area contributed by atoms with Crippen molar-refractivity contribution in [1.82, 2.24) is 14.7 Å². The van der Waals surface area contributed by atoms with Crippen molar-refractivity contribution >= 4 is 12.1 Å².